The largest absolute Gasteiger partial charge is 0.462 e. The third-order valence-corrected chi connectivity index (χ3v) is 6.11. The van der Waals surface area contributed by atoms with Crippen molar-refractivity contribution in [3.05, 3.63) is 53.1 Å². The molecule has 1 aliphatic heterocycles. The highest BCUT2D eigenvalue weighted by Gasteiger charge is 2.31. The molecule has 0 atom stereocenters. The maximum absolute atomic E-state index is 13.3. The van der Waals surface area contributed by atoms with Gasteiger partial charge in [-0.2, -0.15) is 13.2 Å². The van der Waals surface area contributed by atoms with E-state index in [-0.39, 0.29) is 5.60 Å². The van der Waals surface area contributed by atoms with Crippen molar-refractivity contribution in [3.8, 4) is 0 Å². The summed E-state index contributed by atoms with van der Waals surface area (Å²) >= 11 is 1.33. The predicted octanol–water partition coefficient (Wildman–Crippen LogP) is 4.14. The summed E-state index contributed by atoms with van der Waals surface area (Å²) in [6.07, 6.45) is -4.38. The first kappa shape index (κ1) is 28.0. The van der Waals surface area contributed by atoms with Crippen LogP contribution in [0.25, 0.3) is 0 Å². The van der Waals surface area contributed by atoms with Gasteiger partial charge in [0, 0.05) is 49.1 Å². The number of rotatable bonds is 6. The van der Waals surface area contributed by atoms with Crippen LogP contribution in [-0.2, 0) is 28.8 Å². The number of alkyl halides is 3. The molecule has 0 bridgehead atoms. The van der Waals surface area contributed by atoms with Crippen molar-refractivity contribution in [3.63, 3.8) is 0 Å². The van der Waals surface area contributed by atoms with Crippen molar-refractivity contribution in [1.29, 1.82) is 0 Å². The molecule has 188 valence electrons. The number of benzene rings is 2. The summed E-state index contributed by atoms with van der Waals surface area (Å²) in [5.41, 5.74) is 13.2. The van der Waals surface area contributed by atoms with Crippen LogP contribution in [0.5, 0.6) is 0 Å². The zero-order chi connectivity index (χ0) is 25.4. The van der Waals surface area contributed by atoms with E-state index in [9.17, 15) is 18.0 Å². The molecule has 0 radical (unpaired) electrons. The third-order valence-electron chi connectivity index (χ3n) is 4.95. The molecule has 0 spiro atoms. The van der Waals surface area contributed by atoms with Gasteiger partial charge in [0.05, 0.1) is 11.3 Å². The summed E-state index contributed by atoms with van der Waals surface area (Å²) in [7, 11) is 0. The molecule has 0 aliphatic carbocycles. The van der Waals surface area contributed by atoms with Gasteiger partial charge in [-0.15, -0.1) is 0 Å². The average Bonchev–Trinajstić information content (AvgIpc) is 2.79. The van der Waals surface area contributed by atoms with Crippen LogP contribution in [0.1, 0.15) is 37.5 Å². The van der Waals surface area contributed by atoms with Crippen LogP contribution in [0.4, 0.5) is 18.9 Å². The van der Waals surface area contributed by atoms with Gasteiger partial charge in [0.2, 0.25) is 0 Å². The van der Waals surface area contributed by atoms with Crippen LogP contribution in [0.2, 0.25) is 0 Å². The molecular weight excluding hydrogens is 465 g/mol. The lowest BCUT2D eigenvalue weighted by Crippen LogP contribution is -2.43. The molecule has 10 heteroatoms. The van der Waals surface area contributed by atoms with Gasteiger partial charge in [0.15, 0.2) is 0 Å². The fourth-order valence-corrected chi connectivity index (χ4v) is 4.35. The predicted molar refractivity (Wildman–Crippen MR) is 130 cm³/mol. The average molecular weight is 499 g/mol. The van der Waals surface area contributed by atoms with Crippen molar-refractivity contribution in [2.75, 3.05) is 31.1 Å². The Balaban J connectivity index is 0.000000509. The molecule has 5 N–H and O–H groups in total. The van der Waals surface area contributed by atoms with E-state index in [2.05, 4.69) is 15.0 Å². The Bertz CT molecular complexity index is 943. The minimum absolute atomic E-state index is 0.304. The molecule has 1 fully saturated rings. The maximum Gasteiger partial charge on any atom is 0.416 e. The molecule has 1 heterocycles. The molecule has 1 saturated heterocycles. The molecule has 34 heavy (non-hydrogen) atoms. The molecule has 3 rings (SSSR count). The smallest absolute Gasteiger partial charge is 0.416 e. The lowest BCUT2D eigenvalue weighted by Gasteiger charge is -2.31. The van der Waals surface area contributed by atoms with E-state index in [1.165, 1.54) is 17.8 Å². The maximum atomic E-state index is 13.3. The van der Waals surface area contributed by atoms with Crippen molar-refractivity contribution in [2.45, 2.75) is 55.4 Å². The zero-order valence-corrected chi connectivity index (χ0v) is 20.6. The Kier molecular flexibility index (Phi) is 10.2. The number of piperazine rings is 1. The highest BCUT2D eigenvalue weighted by atomic mass is 32.2. The topological polar surface area (TPSA) is 93.6 Å². The molecule has 1 aliphatic rings. The number of halogens is 3. The van der Waals surface area contributed by atoms with E-state index in [4.69, 9.17) is 11.5 Å². The summed E-state index contributed by atoms with van der Waals surface area (Å²) in [5, 5.41) is 3.26. The summed E-state index contributed by atoms with van der Waals surface area (Å²) in [4.78, 5) is 13.2. The van der Waals surface area contributed by atoms with Crippen LogP contribution in [0.3, 0.4) is 0 Å². The number of nitrogens with one attached hydrogen (secondary N) is 1. The Morgan fingerprint density at radius 3 is 2.21 bits per heavy atom. The minimum Gasteiger partial charge on any atom is -0.462 e. The van der Waals surface area contributed by atoms with E-state index in [0.717, 1.165) is 54.0 Å². The van der Waals surface area contributed by atoms with Gasteiger partial charge in [-0.1, -0.05) is 23.9 Å². The number of nitrogens with zero attached hydrogens (tertiary/aromatic N) is 1. The second kappa shape index (κ2) is 12.4. The Morgan fingerprint density at radius 1 is 1.03 bits per heavy atom. The molecule has 0 unspecified atom stereocenters. The van der Waals surface area contributed by atoms with E-state index < -0.39 is 11.7 Å². The fourth-order valence-electron chi connectivity index (χ4n) is 3.22. The minimum atomic E-state index is -4.38. The number of carbonyl (C=O) groups is 1. The number of hydrogen-bond acceptors (Lipinski definition) is 7. The first-order valence-corrected chi connectivity index (χ1v) is 11.8. The quantitative estimate of drug-likeness (QED) is 0.516. The van der Waals surface area contributed by atoms with Crippen LogP contribution in [0, 0.1) is 0 Å². The van der Waals surface area contributed by atoms with E-state index in [1.807, 2.05) is 39.0 Å². The van der Waals surface area contributed by atoms with E-state index >= 15 is 0 Å². The lowest BCUT2D eigenvalue weighted by atomic mass is 10.1. The Hall–Kier alpha value is -2.27. The van der Waals surface area contributed by atoms with Gasteiger partial charge >= 0.3 is 6.18 Å². The molecule has 2 aromatic carbocycles. The van der Waals surface area contributed by atoms with Crippen LogP contribution in [0.15, 0.2) is 46.2 Å². The Labute approximate surface area is 203 Å². The van der Waals surface area contributed by atoms with Gasteiger partial charge < -0.3 is 26.4 Å². The zero-order valence-electron chi connectivity index (χ0n) is 19.7. The van der Waals surface area contributed by atoms with Crippen molar-refractivity contribution in [2.24, 2.45) is 11.5 Å². The van der Waals surface area contributed by atoms with Gasteiger partial charge in [-0.3, -0.25) is 4.79 Å². The summed E-state index contributed by atoms with van der Waals surface area (Å²) in [6, 6.07) is 9.66. The number of ether oxygens (including phenoxy) is 1. The fraction of sp³-hybridized carbons (Fsp3) is 0.458. The Morgan fingerprint density at radius 2 is 1.71 bits per heavy atom. The number of carbonyl (C=O) groups excluding carboxylic acids is 1. The standard InChI is InChI=1S/C19H23F3N4S.C5H10O2/c20-19(21,22)15-2-3-16(26-7-5-25-6-8-26)18(10-15)27-17-4-1-13(11-23)9-14(17)12-24;1-5(2,3)7-4-6/h1-4,9-10,25H,5-8,11-12,23-24H2;4H,1-3H3. The summed E-state index contributed by atoms with van der Waals surface area (Å²) < 4.78 is 44.3. The summed E-state index contributed by atoms with van der Waals surface area (Å²) in [6.45, 7) is 9.76. The molecule has 0 aromatic heterocycles. The van der Waals surface area contributed by atoms with E-state index in [1.54, 1.807) is 6.07 Å². The second-order valence-electron chi connectivity index (χ2n) is 8.70. The normalized spacial score (nSPS) is 14.3. The monoisotopic (exact) mass is 498 g/mol. The molecule has 0 amide bonds. The third kappa shape index (κ3) is 8.50. The lowest BCUT2D eigenvalue weighted by molar-refractivity contribution is -0.139. The van der Waals surface area contributed by atoms with Gasteiger partial charge in [0.25, 0.3) is 6.47 Å². The number of anilines is 1. The van der Waals surface area contributed by atoms with Crippen molar-refractivity contribution in [1.82, 2.24) is 5.32 Å². The van der Waals surface area contributed by atoms with Crippen LogP contribution in [-0.4, -0.2) is 38.3 Å². The molecule has 2 aromatic rings. The first-order valence-electron chi connectivity index (χ1n) is 11.0. The van der Waals surface area contributed by atoms with E-state index in [0.29, 0.717) is 24.5 Å². The number of hydrogen-bond donors (Lipinski definition) is 3. The van der Waals surface area contributed by atoms with Gasteiger partial charge in [0.1, 0.15) is 5.60 Å². The van der Waals surface area contributed by atoms with Crippen LogP contribution >= 0.6 is 11.8 Å². The molecular formula is C24H33F3N4O2S. The van der Waals surface area contributed by atoms with Gasteiger partial charge in [-0.25, -0.2) is 0 Å². The van der Waals surface area contributed by atoms with Gasteiger partial charge in [-0.05, 0) is 56.2 Å². The van der Waals surface area contributed by atoms with Crippen molar-refractivity contribution < 1.29 is 22.7 Å². The van der Waals surface area contributed by atoms with Crippen molar-refractivity contribution >= 4 is 23.9 Å². The molecule has 0 saturated carbocycles. The SMILES string of the molecule is CC(C)(C)OC=O.NCc1ccc(Sc2cc(C(F)(F)F)ccc2N2CCNCC2)c(CN)c1. The second-order valence-corrected chi connectivity index (χ2v) is 9.78. The highest BCUT2D eigenvalue weighted by molar-refractivity contribution is 7.99. The first-order chi connectivity index (χ1) is 16.0. The summed E-state index contributed by atoms with van der Waals surface area (Å²) in [5.74, 6) is 0. The number of nitrogens with two attached hydrogens (primary N) is 2. The van der Waals surface area contributed by atoms with Crippen LogP contribution < -0.4 is 21.7 Å². The molecule has 6 nitrogen and oxygen atoms in total. The highest BCUT2D eigenvalue weighted by Crippen LogP contribution is 2.41.